The summed E-state index contributed by atoms with van der Waals surface area (Å²) in [6.45, 7) is 7.95. The van der Waals surface area contributed by atoms with Gasteiger partial charge < -0.3 is 15.0 Å². The number of halogens is 2. The summed E-state index contributed by atoms with van der Waals surface area (Å²) < 4.78 is 5.27. The Kier molecular flexibility index (Phi) is 6.79. The van der Waals surface area contributed by atoms with Crippen LogP contribution in [0.2, 0.25) is 10.0 Å². The predicted molar refractivity (Wildman–Crippen MR) is 102 cm³/mol. The fraction of sp³-hybridized carbons (Fsp3) is 0.611. The van der Waals surface area contributed by atoms with E-state index in [0.717, 1.165) is 44.2 Å². The van der Waals surface area contributed by atoms with Crippen LogP contribution >= 0.6 is 23.2 Å². The number of guanidine groups is 1. The van der Waals surface area contributed by atoms with Crippen molar-refractivity contribution in [3.63, 3.8) is 0 Å². The highest BCUT2D eigenvalue weighted by atomic mass is 35.5. The van der Waals surface area contributed by atoms with Gasteiger partial charge in [0.1, 0.15) is 0 Å². The zero-order valence-electron chi connectivity index (χ0n) is 14.9. The molecule has 4 nitrogen and oxygen atoms in total. The first kappa shape index (κ1) is 19.4. The van der Waals surface area contributed by atoms with Crippen molar-refractivity contribution in [2.75, 3.05) is 40.4 Å². The van der Waals surface area contributed by atoms with E-state index in [0.29, 0.717) is 16.0 Å². The highest BCUT2D eigenvalue weighted by Crippen LogP contribution is 2.29. The largest absolute Gasteiger partial charge is 0.384 e. The van der Waals surface area contributed by atoms with Gasteiger partial charge in [-0.1, -0.05) is 43.1 Å². The van der Waals surface area contributed by atoms with E-state index < -0.39 is 0 Å². The van der Waals surface area contributed by atoms with Gasteiger partial charge in [0, 0.05) is 45.1 Å². The molecule has 1 aliphatic rings. The first-order valence-corrected chi connectivity index (χ1v) is 9.03. The summed E-state index contributed by atoms with van der Waals surface area (Å²) in [6.07, 6.45) is 1.14. The Morgan fingerprint density at radius 3 is 2.75 bits per heavy atom. The third-order valence-electron chi connectivity index (χ3n) is 4.59. The summed E-state index contributed by atoms with van der Waals surface area (Å²) >= 11 is 12.2. The van der Waals surface area contributed by atoms with Crippen molar-refractivity contribution < 1.29 is 4.74 Å². The molecule has 2 rings (SSSR count). The molecule has 1 heterocycles. The molecule has 1 aliphatic heterocycles. The van der Waals surface area contributed by atoms with Crippen LogP contribution < -0.4 is 5.32 Å². The van der Waals surface area contributed by atoms with Crippen molar-refractivity contribution in [2.45, 2.75) is 25.7 Å². The molecule has 1 aromatic rings. The molecule has 1 N–H and O–H groups in total. The summed E-state index contributed by atoms with van der Waals surface area (Å²) in [4.78, 5) is 6.74. The molecule has 0 aromatic heterocycles. The molecule has 0 bridgehead atoms. The van der Waals surface area contributed by atoms with Gasteiger partial charge in [0.2, 0.25) is 0 Å². The van der Waals surface area contributed by atoms with Crippen molar-refractivity contribution in [1.82, 2.24) is 10.2 Å². The molecule has 0 saturated carbocycles. The van der Waals surface area contributed by atoms with Crippen LogP contribution in [0.5, 0.6) is 0 Å². The Morgan fingerprint density at radius 2 is 2.12 bits per heavy atom. The molecular weight excluding hydrogens is 345 g/mol. The predicted octanol–water partition coefficient (Wildman–Crippen LogP) is 3.81. The molecule has 0 radical (unpaired) electrons. The number of ether oxygens (including phenoxy) is 1. The minimum absolute atomic E-state index is 0.0875. The van der Waals surface area contributed by atoms with Crippen molar-refractivity contribution in [3.8, 4) is 0 Å². The van der Waals surface area contributed by atoms with Crippen molar-refractivity contribution in [1.29, 1.82) is 0 Å². The molecule has 1 atom stereocenters. The van der Waals surface area contributed by atoms with Crippen molar-refractivity contribution in [2.24, 2.45) is 10.9 Å². The van der Waals surface area contributed by atoms with Gasteiger partial charge in [-0.3, -0.25) is 4.99 Å². The third-order valence-corrected chi connectivity index (χ3v) is 5.33. The maximum absolute atomic E-state index is 6.16. The standard InChI is InChI=1S/C18H27Cl2N3O/c1-18(2,14-5-6-15(19)16(20)9-14)12-22-17(21-3)23-8-7-13(10-23)11-24-4/h5-6,9,13H,7-8,10-12H2,1-4H3,(H,21,22). The normalized spacial score (nSPS) is 19.0. The lowest BCUT2D eigenvalue weighted by molar-refractivity contribution is 0.157. The molecule has 24 heavy (non-hydrogen) atoms. The number of aliphatic imine (C=N–C) groups is 1. The maximum atomic E-state index is 6.16. The first-order chi connectivity index (χ1) is 11.4. The van der Waals surface area contributed by atoms with Gasteiger partial charge in [-0.15, -0.1) is 0 Å². The summed E-state index contributed by atoms with van der Waals surface area (Å²) in [6, 6.07) is 5.83. The highest BCUT2D eigenvalue weighted by molar-refractivity contribution is 6.42. The number of nitrogens with zero attached hydrogens (tertiary/aromatic N) is 2. The van der Waals surface area contributed by atoms with Gasteiger partial charge in [0.05, 0.1) is 16.7 Å². The molecule has 1 fully saturated rings. The molecule has 0 aliphatic carbocycles. The van der Waals surface area contributed by atoms with Crippen LogP contribution in [0.25, 0.3) is 0 Å². The van der Waals surface area contributed by atoms with E-state index in [1.54, 1.807) is 7.11 Å². The lowest BCUT2D eigenvalue weighted by atomic mass is 9.84. The average molecular weight is 372 g/mol. The maximum Gasteiger partial charge on any atom is 0.193 e. The Balaban J connectivity index is 1.98. The summed E-state index contributed by atoms with van der Waals surface area (Å²) in [5.41, 5.74) is 1.06. The van der Waals surface area contributed by atoms with Crippen molar-refractivity contribution >= 4 is 29.2 Å². The topological polar surface area (TPSA) is 36.9 Å². The number of benzene rings is 1. The van der Waals surface area contributed by atoms with Crippen LogP contribution in [0, 0.1) is 5.92 Å². The third kappa shape index (κ3) is 4.78. The fourth-order valence-electron chi connectivity index (χ4n) is 3.05. The number of hydrogen-bond donors (Lipinski definition) is 1. The second-order valence-electron chi connectivity index (χ2n) is 6.97. The molecular formula is C18H27Cl2N3O. The average Bonchev–Trinajstić information content (AvgIpc) is 2.99. The lowest BCUT2D eigenvalue weighted by Crippen LogP contribution is -2.45. The van der Waals surface area contributed by atoms with E-state index in [2.05, 4.69) is 29.1 Å². The molecule has 1 aromatic carbocycles. The molecule has 6 heteroatoms. The molecule has 1 saturated heterocycles. The Bertz CT molecular complexity index is 590. The number of likely N-dealkylation sites (tertiary alicyclic amines) is 1. The molecule has 134 valence electrons. The SMILES string of the molecule is CN=C(NCC(C)(C)c1ccc(Cl)c(Cl)c1)N1CCC(COC)C1. The van der Waals surface area contributed by atoms with Crippen LogP contribution in [0.3, 0.4) is 0 Å². The van der Waals surface area contributed by atoms with E-state index >= 15 is 0 Å². The molecule has 1 unspecified atom stereocenters. The number of methoxy groups -OCH3 is 1. The second-order valence-corrected chi connectivity index (χ2v) is 7.78. The van der Waals surface area contributed by atoms with Gasteiger partial charge >= 0.3 is 0 Å². The van der Waals surface area contributed by atoms with E-state index in [1.165, 1.54) is 0 Å². The van der Waals surface area contributed by atoms with Crippen LogP contribution in [0.4, 0.5) is 0 Å². The monoisotopic (exact) mass is 371 g/mol. The van der Waals surface area contributed by atoms with Gasteiger partial charge in [-0.25, -0.2) is 0 Å². The minimum atomic E-state index is -0.0875. The zero-order chi connectivity index (χ0) is 17.7. The van der Waals surface area contributed by atoms with Gasteiger partial charge in [0.15, 0.2) is 5.96 Å². The summed E-state index contributed by atoms with van der Waals surface area (Å²) in [5.74, 6) is 1.53. The summed E-state index contributed by atoms with van der Waals surface area (Å²) in [7, 11) is 3.59. The van der Waals surface area contributed by atoms with E-state index in [9.17, 15) is 0 Å². The van der Waals surface area contributed by atoms with Crippen LogP contribution in [-0.2, 0) is 10.2 Å². The molecule has 0 spiro atoms. The quantitative estimate of drug-likeness (QED) is 0.631. The van der Waals surface area contributed by atoms with Gasteiger partial charge in [-0.05, 0) is 24.1 Å². The van der Waals surface area contributed by atoms with Crippen LogP contribution in [-0.4, -0.2) is 51.3 Å². The highest BCUT2D eigenvalue weighted by Gasteiger charge is 2.27. The van der Waals surface area contributed by atoms with E-state index in [4.69, 9.17) is 27.9 Å². The Morgan fingerprint density at radius 1 is 1.38 bits per heavy atom. The number of nitrogens with one attached hydrogen (secondary N) is 1. The second kappa shape index (κ2) is 8.41. The number of rotatable bonds is 5. The fourth-order valence-corrected chi connectivity index (χ4v) is 3.35. The smallest absolute Gasteiger partial charge is 0.193 e. The Hall–Kier alpha value is -0.970. The van der Waals surface area contributed by atoms with E-state index in [-0.39, 0.29) is 5.41 Å². The summed E-state index contributed by atoms with van der Waals surface area (Å²) in [5, 5.41) is 4.68. The van der Waals surface area contributed by atoms with Crippen molar-refractivity contribution in [3.05, 3.63) is 33.8 Å². The lowest BCUT2D eigenvalue weighted by Gasteiger charge is -2.29. The first-order valence-electron chi connectivity index (χ1n) is 8.27. The van der Waals surface area contributed by atoms with Gasteiger partial charge in [0.25, 0.3) is 0 Å². The Labute approximate surface area is 155 Å². The van der Waals surface area contributed by atoms with Gasteiger partial charge in [-0.2, -0.15) is 0 Å². The minimum Gasteiger partial charge on any atom is -0.384 e. The van der Waals surface area contributed by atoms with E-state index in [1.807, 2.05) is 25.2 Å². The zero-order valence-corrected chi connectivity index (χ0v) is 16.4. The number of hydrogen-bond acceptors (Lipinski definition) is 2. The van der Waals surface area contributed by atoms with Crippen LogP contribution in [0.1, 0.15) is 25.8 Å². The van der Waals surface area contributed by atoms with Crippen LogP contribution in [0.15, 0.2) is 23.2 Å². The molecule has 0 amide bonds.